The number of piperidine rings is 1. The number of hydrogen-bond donors (Lipinski definition) is 2. The molecule has 0 amide bonds. The quantitative estimate of drug-likeness (QED) is 0.872. The minimum atomic E-state index is 0. The molecule has 4 heteroatoms. The van der Waals surface area contributed by atoms with Gasteiger partial charge < -0.3 is 11.1 Å². The van der Waals surface area contributed by atoms with E-state index < -0.39 is 0 Å². The predicted octanol–water partition coefficient (Wildman–Crippen LogP) is 3.06. The van der Waals surface area contributed by atoms with Gasteiger partial charge in [-0.15, -0.1) is 24.8 Å². The lowest BCUT2D eigenvalue weighted by Gasteiger charge is -2.35. The molecule has 0 spiro atoms. The monoisotopic (exact) mass is 276 g/mol. The first-order valence-corrected chi connectivity index (χ1v) is 5.88. The summed E-state index contributed by atoms with van der Waals surface area (Å²) in [7, 11) is 0. The molecular formula is C13H22Cl2N2. The van der Waals surface area contributed by atoms with Crippen molar-refractivity contribution in [1.82, 2.24) is 5.32 Å². The van der Waals surface area contributed by atoms with E-state index in [-0.39, 0.29) is 30.9 Å². The van der Waals surface area contributed by atoms with Crippen LogP contribution in [-0.2, 0) is 0 Å². The zero-order valence-corrected chi connectivity index (χ0v) is 11.8. The highest BCUT2D eigenvalue weighted by Crippen LogP contribution is 2.25. The minimum Gasteiger partial charge on any atom is -0.326 e. The molecule has 0 aromatic heterocycles. The summed E-state index contributed by atoms with van der Waals surface area (Å²) < 4.78 is 0. The Bertz CT molecular complexity index is 306. The van der Waals surface area contributed by atoms with Crippen LogP contribution >= 0.6 is 24.8 Å². The van der Waals surface area contributed by atoms with Crippen LogP contribution in [0.1, 0.15) is 37.8 Å². The molecule has 98 valence electrons. The Labute approximate surface area is 116 Å². The van der Waals surface area contributed by atoms with E-state index in [0.717, 1.165) is 6.42 Å². The molecule has 0 saturated carbocycles. The van der Waals surface area contributed by atoms with E-state index >= 15 is 0 Å². The standard InChI is InChI=1S/C13H20N2.2ClH/c1-2-11-8-9-12(14)13(15-11)10-6-4-3-5-7-10;;/h3-7,11-13,15H,2,8-9,14H2,1H3;2*1H/t11-,12+,13-;;/m0../s1. The maximum atomic E-state index is 6.17. The van der Waals surface area contributed by atoms with Crippen molar-refractivity contribution in [3.63, 3.8) is 0 Å². The zero-order chi connectivity index (χ0) is 10.7. The highest BCUT2D eigenvalue weighted by molar-refractivity contribution is 5.85. The van der Waals surface area contributed by atoms with Crippen molar-refractivity contribution in [2.45, 2.75) is 44.3 Å². The van der Waals surface area contributed by atoms with E-state index in [1.165, 1.54) is 18.4 Å². The molecule has 2 rings (SSSR count). The van der Waals surface area contributed by atoms with Crippen LogP contribution < -0.4 is 11.1 Å². The normalized spacial score (nSPS) is 27.8. The van der Waals surface area contributed by atoms with E-state index in [1.807, 2.05) is 0 Å². The van der Waals surface area contributed by atoms with Crippen molar-refractivity contribution in [3.05, 3.63) is 35.9 Å². The van der Waals surface area contributed by atoms with E-state index in [0.29, 0.717) is 12.1 Å². The van der Waals surface area contributed by atoms with E-state index in [1.54, 1.807) is 0 Å². The Morgan fingerprint density at radius 2 is 1.82 bits per heavy atom. The van der Waals surface area contributed by atoms with E-state index in [2.05, 4.69) is 42.6 Å². The summed E-state index contributed by atoms with van der Waals surface area (Å²) in [5.41, 5.74) is 7.49. The Kier molecular flexibility index (Phi) is 7.80. The molecule has 1 aromatic rings. The van der Waals surface area contributed by atoms with Gasteiger partial charge in [0.2, 0.25) is 0 Å². The van der Waals surface area contributed by atoms with Gasteiger partial charge >= 0.3 is 0 Å². The van der Waals surface area contributed by atoms with Crippen LogP contribution in [-0.4, -0.2) is 12.1 Å². The van der Waals surface area contributed by atoms with Gasteiger partial charge in [0.1, 0.15) is 0 Å². The van der Waals surface area contributed by atoms with Crippen LogP contribution in [0, 0.1) is 0 Å². The molecule has 0 radical (unpaired) electrons. The highest BCUT2D eigenvalue weighted by Gasteiger charge is 2.27. The molecule has 0 aliphatic carbocycles. The molecule has 1 aliphatic rings. The number of hydrogen-bond acceptors (Lipinski definition) is 2. The molecule has 0 bridgehead atoms. The lowest BCUT2D eigenvalue weighted by Crippen LogP contribution is -2.47. The third-order valence-electron chi connectivity index (χ3n) is 3.34. The van der Waals surface area contributed by atoms with Gasteiger partial charge in [0.05, 0.1) is 0 Å². The van der Waals surface area contributed by atoms with Crippen molar-refractivity contribution in [3.8, 4) is 0 Å². The van der Waals surface area contributed by atoms with Gasteiger partial charge in [-0.2, -0.15) is 0 Å². The number of nitrogens with two attached hydrogens (primary N) is 1. The van der Waals surface area contributed by atoms with Crippen LogP contribution in [0.3, 0.4) is 0 Å². The average Bonchev–Trinajstić information content (AvgIpc) is 2.31. The first-order valence-electron chi connectivity index (χ1n) is 5.88. The van der Waals surface area contributed by atoms with E-state index in [9.17, 15) is 0 Å². The second-order valence-corrected chi connectivity index (χ2v) is 4.40. The van der Waals surface area contributed by atoms with E-state index in [4.69, 9.17) is 5.73 Å². The van der Waals surface area contributed by atoms with Crippen LogP contribution in [0.2, 0.25) is 0 Å². The maximum Gasteiger partial charge on any atom is 0.0475 e. The maximum absolute atomic E-state index is 6.17. The summed E-state index contributed by atoms with van der Waals surface area (Å²) in [6.07, 6.45) is 3.53. The lowest BCUT2D eigenvalue weighted by molar-refractivity contribution is 0.283. The molecular weight excluding hydrogens is 255 g/mol. The number of benzene rings is 1. The highest BCUT2D eigenvalue weighted by atomic mass is 35.5. The van der Waals surface area contributed by atoms with Gasteiger partial charge in [0, 0.05) is 18.1 Å². The van der Waals surface area contributed by atoms with Crippen molar-refractivity contribution < 1.29 is 0 Å². The first-order chi connectivity index (χ1) is 7.31. The third-order valence-corrected chi connectivity index (χ3v) is 3.34. The predicted molar refractivity (Wildman–Crippen MR) is 78.1 cm³/mol. The number of nitrogens with one attached hydrogen (secondary N) is 1. The minimum absolute atomic E-state index is 0. The summed E-state index contributed by atoms with van der Waals surface area (Å²) >= 11 is 0. The molecule has 3 N–H and O–H groups in total. The Morgan fingerprint density at radius 3 is 2.41 bits per heavy atom. The van der Waals surface area contributed by atoms with Gasteiger partial charge in [-0.1, -0.05) is 37.3 Å². The van der Waals surface area contributed by atoms with Crippen LogP contribution in [0.25, 0.3) is 0 Å². The molecule has 2 nitrogen and oxygen atoms in total. The summed E-state index contributed by atoms with van der Waals surface area (Å²) in [4.78, 5) is 0. The molecule has 3 atom stereocenters. The van der Waals surface area contributed by atoms with Gasteiger partial charge in [0.25, 0.3) is 0 Å². The van der Waals surface area contributed by atoms with Crippen LogP contribution in [0.15, 0.2) is 30.3 Å². The molecule has 1 fully saturated rings. The summed E-state index contributed by atoms with van der Waals surface area (Å²) in [6, 6.07) is 11.8. The van der Waals surface area contributed by atoms with Crippen molar-refractivity contribution in [2.75, 3.05) is 0 Å². The first kappa shape index (κ1) is 16.7. The molecule has 0 unspecified atom stereocenters. The fourth-order valence-electron chi connectivity index (χ4n) is 2.35. The number of rotatable bonds is 2. The molecule has 1 aromatic carbocycles. The van der Waals surface area contributed by atoms with Gasteiger partial charge in [-0.3, -0.25) is 0 Å². The second kappa shape index (κ2) is 7.93. The average molecular weight is 277 g/mol. The Balaban J connectivity index is 0.00000128. The fourth-order valence-corrected chi connectivity index (χ4v) is 2.35. The summed E-state index contributed by atoms with van der Waals surface area (Å²) in [5, 5.41) is 3.64. The third kappa shape index (κ3) is 4.14. The van der Waals surface area contributed by atoms with Gasteiger partial charge in [-0.05, 0) is 24.8 Å². The zero-order valence-electron chi connectivity index (χ0n) is 10.1. The topological polar surface area (TPSA) is 38.0 Å². The van der Waals surface area contributed by atoms with Crippen molar-refractivity contribution >= 4 is 24.8 Å². The molecule has 1 saturated heterocycles. The molecule has 1 heterocycles. The Morgan fingerprint density at radius 1 is 1.18 bits per heavy atom. The Hall–Kier alpha value is -0.280. The van der Waals surface area contributed by atoms with Gasteiger partial charge in [-0.25, -0.2) is 0 Å². The second-order valence-electron chi connectivity index (χ2n) is 4.40. The van der Waals surface area contributed by atoms with Crippen molar-refractivity contribution in [2.24, 2.45) is 5.73 Å². The fraction of sp³-hybridized carbons (Fsp3) is 0.538. The number of halogens is 2. The lowest BCUT2D eigenvalue weighted by atomic mass is 9.89. The summed E-state index contributed by atoms with van der Waals surface area (Å²) in [6.45, 7) is 2.23. The SMILES string of the molecule is CC[C@H]1CC[C@@H](N)[C@H](c2ccccc2)N1.Cl.Cl. The van der Waals surface area contributed by atoms with Crippen LogP contribution in [0.5, 0.6) is 0 Å². The van der Waals surface area contributed by atoms with Crippen molar-refractivity contribution in [1.29, 1.82) is 0 Å². The largest absolute Gasteiger partial charge is 0.326 e. The molecule has 1 aliphatic heterocycles. The van der Waals surface area contributed by atoms with Crippen LogP contribution in [0.4, 0.5) is 0 Å². The summed E-state index contributed by atoms with van der Waals surface area (Å²) in [5.74, 6) is 0. The van der Waals surface area contributed by atoms with Gasteiger partial charge in [0.15, 0.2) is 0 Å². The smallest absolute Gasteiger partial charge is 0.0475 e. The molecule has 17 heavy (non-hydrogen) atoms.